The van der Waals surface area contributed by atoms with Crippen molar-refractivity contribution in [3.05, 3.63) is 47.8 Å². The fourth-order valence-corrected chi connectivity index (χ4v) is 3.90. The van der Waals surface area contributed by atoms with Crippen LogP contribution in [0.25, 0.3) is 11.0 Å². The van der Waals surface area contributed by atoms with Gasteiger partial charge < -0.3 is 15.4 Å². The quantitative estimate of drug-likeness (QED) is 0.607. The van der Waals surface area contributed by atoms with Crippen LogP contribution in [0.2, 0.25) is 0 Å². The number of carbonyl (C=O) groups excluding carboxylic acids is 2. The van der Waals surface area contributed by atoms with Crippen LogP contribution in [-0.2, 0) is 17.9 Å². The molecule has 2 heterocycles. The number of anilines is 1. The maximum absolute atomic E-state index is 13.1. The Morgan fingerprint density at radius 3 is 2.61 bits per heavy atom. The number of rotatable bonds is 7. The molecule has 1 aliphatic carbocycles. The van der Waals surface area contributed by atoms with Crippen molar-refractivity contribution in [1.82, 2.24) is 20.1 Å². The molecule has 1 aromatic carbocycles. The van der Waals surface area contributed by atoms with Crippen LogP contribution in [0.4, 0.5) is 5.69 Å². The Hall–Kier alpha value is -3.42. The van der Waals surface area contributed by atoms with Crippen molar-refractivity contribution < 1.29 is 14.3 Å². The number of Topliss-reactive ketones (excluding diaryl/α,β-unsaturated/α-hetero) is 1. The molecule has 2 aromatic heterocycles. The summed E-state index contributed by atoms with van der Waals surface area (Å²) >= 11 is 0. The molecule has 0 radical (unpaired) electrons. The third-order valence-corrected chi connectivity index (χ3v) is 5.71. The number of hydrogen-bond donors (Lipinski definition) is 2. The Bertz CT molecular complexity index is 1080. The zero-order valence-corrected chi connectivity index (χ0v) is 17.9. The van der Waals surface area contributed by atoms with Gasteiger partial charge in [-0.25, -0.2) is 9.67 Å². The number of nitrogens with zero attached hydrogens (tertiary/aromatic N) is 3. The van der Waals surface area contributed by atoms with Gasteiger partial charge in [-0.05, 0) is 37.5 Å². The van der Waals surface area contributed by atoms with E-state index in [1.165, 1.54) is 0 Å². The maximum atomic E-state index is 13.1. The van der Waals surface area contributed by atoms with Gasteiger partial charge in [0, 0.05) is 38.2 Å². The average molecular weight is 422 g/mol. The van der Waals surface area contributed by atoms with Crippen LogP contribution in [0.1, 0.15) is 48.5 Å². The van der Waals surface area contributed by atoms with Crippen molar-refractivity contribution in [3.63, 3.8) is 0 Å². The van der Waals surface area contributed by atoms with Crippen LogP contribution < -0.4 is 15.4 Å². The Labute approximate surface area is 181 Å². The number of nitrogens with one attached hydrogen (secondary N) is 2. The van der Waals surface area contributed by atoms with Gasteiger partial charge in [0.15, 0.2) is 5.65 Å². The minimum Gasteiger partial charge on any atom is -0.497 e. The molecule has 2 N–H and O–H groups in total. The van der Waals surface area contributed by atoms with Gasteiger partial charge in [-0.1, -0.05) is 12.1 Å². The van der Waals surface area contributed by atoms with Crippen molar-refractivity contribution in [3.8, 4) is 5.75 Å². The molecular formula is C23H27N5O3. The molecular weight excluding hydrogens is 394 g/mol. The summed E-state index contributed by atoms with van der Waals surface area (Å²) in [6, 6.07) is 7.71. The Kier molecular flexibility index (Phi) is 6.16. The number of amides is 1. The lowest BCUT2D eigenvalue weighted by Gasteiger charge is -2.24. The van der Waals surface area contributed by atoms with Crippen molar-refractivity contribution in [2.45, 2.75) is 51.7 Å². The number of ether oxygens (including phenoxy) is 1. The van der Waals surface area contributed by atoms with E-state index in [0.29, 0.717) is 37.3 Å². The normalized spacial score (nSPS) is 14.6. The summed E-state index contributed by atoms with van der Waals surface area (Å²) in [4.78, 5) is 29.2. The Morgan fingerprint density at radius 1 is 1.19 bits per heavy atom. The van der Waals surface area contributed by atoms with E-state index in [-0.39, 0.29) is 11.9 Å². The lowest BCUT2D eigenvalue weighted by Crippen LogP contribution is -2.29. The molecule has 8 nitrogen and oxygen atoms in total. The van der Waals surface area contributed by atoms with Gasteiger partial charge >= 0.3 is 0 Å². The lowest BCUT2D eigenvalue weighted by atomic mass is 9.94. The van der Waals surface area contributed by atoms with E-state index in [0.717, 1.165) is 40.9 Å². The second-order valence-corrected chi connectivity index (χ2v) is 7.73. The van der Waals surface area contributed by atoms with Crippen molar-refractivity contribution in [2.75, 3.05) is 12.4 Å². The fourth-order valence-electron chi connectivity index (χ4n) is 3.90. The van der Waals surface area contributed by atoms with Crippen LogP contribution in [0.3, 0.4) is 0 Å². The first-order valence-corrected chi connectivity index (χ1v) is 10.6. The molecule has 31 heavy (non-hydrogen) atoms. The molecule has 4 rings (SSSR count). The van der Waals surface area contributed by atoms with E-state index in [2.05, 4.69) is 20.7 Å². The van der Waals surface area contributed by atoms with Gasteiger partial charge in [0.1, 0.15) is 11.5 Å². The molecule has 0 spiro atoms. The molecule has 0 bridgehead atoms. The predicted octanol–water partition coefficient (Wildman–Crippen LogP) is 3.31. The summed E-state index contributed by atoms with van der Waals surface area (Å²) in [5.74, 6) is 0.869. The Morgan fingerprint density at radius 2 is 1.94 bits per heavy atom. The number of ketones is 1. The van der Waals surface area contributed by atoms with Crippen LogP contribution in [-0.4, -0.2) is 39.6 Å². The summed E-state index contributed by atoms with van der Waals surface area (Å²) in [5.41, 5.74) is 2.93. The fraction of sp³-hybridized carbons (Fsp3) is 0.391. The van der Waals surface area contributed by atoms with E-state index in [1.54, 1.807) is 19.5 Å². The maximum Gasteiger partial charge on any atom is 0.255 e. The number of aromatic nitrogens is 3. The highest BCUT2D eigenvalue weighted by atomic mass is 16.5. The zero-order chi connectivity index (χ0) is 21.8. The molecule has 0 saturated heterocycles. The molecule has 3 aromatic rings. The topological polar surface area (TPSA) is 98.1 Å². The smallest absolute Gasteiger partial charge is 0.255 e. The van der Waals surface area contributed by atoms with Crippen molar-refractivity contribution in [2.24, 2.45) is 0 Å². The molecule has 1 amide bonds. The van der Waals surface area contributed by atoms with E-state index in [1.807, 2.05) is 35.9 Å². The standard InChI is InChI=1S/C23H27N5O3/c1-3-28-22-19(14-26-28)21(27-16-6-8-17(29)9-7-16)20(13-24-22)23(30)25-12-15-4-10-18(31-2)11-5-15/h4-5,10-11,13-14,16H,3,6-9,12H2,1-2H3,(H,24,27)(H,25,30). The highest BCUT2D eigenvalue weighted by Crippen LogP contribution is 2.29. The minimum absolute atomic E-state index is 0.140. The van der Waals surface area contributed by atoms with Crippen LogP contribution in [0, 0.1) is 0 Å². The molecule has 1 fully saturated rings. The van der Waals surface area contributed by atoms with Crippen molar-refractivity contribution in [1.29, 1.82) is 0 Å². The van der Waals surface area contributed by atoms with Gasteiger partial charge in [-0.3, -0.25) is 9.59 Å². The molecule has 0 atom stereocenters. The first kappa shape index (κ1) is 20.8. The van der Waals surface area contributed by atoms with Crippen LogP contribution in [0.15, 0.2) is 36.7 Å². The molecule has 1 saturated carbocycles. The number of benzene rings is 1. The minimum atomic E-state index is -0.205. The number of hydrogen-bond acceptors (Lipinski definition) is 6. The third-order valence-electron chi connectivity index (χ3n) is 5.71. The number of pyridine rings is 1. The van der Waals surface area contributed by atoms with E-state index < -0.39 is 0 Å². The first-order chi connectivity index (χ1) is 15.1. The predicted molar refractivity (Wildman–Crippen MR) is 118 cm³/mol. The molecule has 0 aliphatic heterocycles. The second-order valence-electron chi connectivity index (χ2n) is 7.73. The lowest BCUT2D eigenvalue weighted by molar-refractivity contribution is -0.120. The van der Waals surface area contributed by atoms with E-state index in [4.69, 9.17) is 4.74 Å². The summed E-state index contributed by atoms with van der Waals surface area (Å²) in [6.07, 6.45) is 6.02. The second kappa shape index (κ2) is 9.16. The summed E-state index contributed by atoms with van der Waals surface area (Å²) < 4.78 is 6.99. The molecule has 0 unspecified atom stereocenters. The largest absolute Gasteiger partial charge is 0.497 e. The monoisotopic (exact) mass is 421 g/mol. The van der Waals surface area contributed by atoms with E-state index >= 15 is 0 Å². The molecule has 1 aliphatic rings. The van der Waals surface area contributed by atoms with E-state index in [9.17, 15) is 9.59 Å². The summed E-state index contributed by atoms with van der Waals surface area (Å²) in [6.45, 7) is 3.09. The summed E-state index contributed by atoms with van der Waals surface area (Å²) in [5, 5.41) is 11.7. The number of carbonyl (C=O) groups is 2. The van der Waals surface area contributed by atoms with Crippen molar-refractivity contribution >= 4 is 28.4 Å². The zero-order valence-electron chi connectivity index (χ0n) is 17.9. The first-order valence-electron chi connectivity index (χ1n) is 10.6. The SMILES string of the molecule is CCn1ncc2c(NC3CCC(=O)CC3)c(C(=O)NCc3ccc(OC)cc3)cnc21. The number of aryl methyl sites for hydroxylation is 1. The summed E-state index contributed by atoms with van der Waals surface area (Å²) in [7, 11) is 1.62. The van der Waals surface area contributed by atoms with Gasteiger partial charge in [0.05, 0.1) is 29.9 Å². The van der Waals surface area contributed by atoms with Gasteiger partial charge in [0.25, 0.3) is 5.91 Å². The van der Waals surface area contributed by atoms with Crippen LogP contribution in [0.5, 0.6) is 5.75 Å². The number of fused-ring (bicyclic) bond motifs is 1. The van der Waals surface area contributed by atoms with Gasteiger partial charge in [0.2, 0.25) is 0 Å². The Balaban J connectivity index is 1.58. The van der Waals surface area contributed by atoms with Gasteiger partial charge in [-0.2, -0.15) is 5.10 Å². The molecule has 162 valence electrons. The highest BCUT2D eigenvalue weighted by molar-refractivity contribution is 6.06. The van der Waals surface area contributed by atoms with Crippen LogP contribution >= 0.6 is 0 Å². The average Bonchev–Trinajstić information content (AvgIpc) is 3.23. The number of methoxy groups -OCH3 is 1. The molecule has 8 heteroatoms. The van der Waals surface area contributed by atoms with Gasteiger partial charge in [-0.15, -0.1) is 0 Å². The highest BCUT2D eigenvalue weighted by Gasteiger charge is 2.23. The third kappa shape index (κ3) is 4.52.